The van der Waals surface area contributed by atoms with Gasteiger partial charge in [0.2, 0.25) is 0 Å². The van der Waals surface area contributed by atoms with Crippen molar-refractivity contribution in [1.29, 1.82) is 0 Å². The summed E-state index contributed by atoms with van der Waals surface area (Å²) in [4.78, 5) is 25.3. The average Bonchev–Trinajstić information content (AvgIpc) is 3.43. The number of ether oxygens (including phenoxy) is 3. The Labute approximate surface area is 166 Å². The van der Waals surface area contributed by atoms with Crippen LogP contribution in [-0.2, 0) is 9.53 Å². The van der Waals surface area contributed by atoms with Crippen LogP contribution >= 0.6 is 0 Å². The molecule has 1 aliphatic rings. The zero-order valence-electron chi connectivity index (χ0n) is 17.1. The highest BCUT2D eigenvalue weighted by atomic mass is 16.6. The van der Waals surface area contributed by atoms with Gasteiger partial charge in [-0.2, -0.15) is 0 Å². The standard InChI is InChI=1S/C21H31NO6/c1-15(22(17-8-9-17)20(25)28-21(2,3)4)16-7-10-18(27-14-24)19(13-16)26-12-6-5-11-23/h7,10,13-15,17,23H,5-6,8-9,11-12H2,1-4H3. The van der Waals surface area contributed by atoms with Crippen LogP contribution in [0.25, 0.3) is 0 Å². The minimum absolute atomic E-state index is 0.102. The third-order valence-electron chi connectivity index (χ3n) is 4.40. The molecule has 1 unspecified atom stereocenters. The van der Waals surface area contributed by atoms with E-state index in [-0.39, 0.29) is 24.8 Å². The number of unbranched alkanes of at least 4 members (excludes halogenated alkanes) is 1. The van der Waals surface area contributed by atoms with E-state index in [0.29, 0.717) is 37.4 Å². The monoisotopic (exact) mass is 393 g/mol. The Morgan fingerprint density at radius 1 is 1.29 bits per heavy atom. The van der Waals surface area contributed by atoms with Crippen molar-refractivity contribution < 1.29 is 28.9 Å². The van der Waals surface area contributed by atoms with Gasteiger partial charge in [-0.3, -0.25) is 9.69 Å². The molecule has 0 radical (unpaired) electrons. The molecule has 2 rings (SSSR count). The quantitative estimate of drug-likeness (QED) is 0.480. The molecule has 1 aromatic carbocycles. The van der Waals surface area contributed by atoms with Crippen LogP contribution in [0.15, 0.2) is 18.2 Å². The highest BCUT2D eigenvalue weighted by Crippen LogP contribution is 2.38. The van der Waals surface area contributed by atoms with Crippen LogP contribution in [0.2, 0.25) is 0 Å². The fourth-order valence-corrected chi connectivity index (χ4v) is 2.89. The fourth-order valence-electron chi connectivity index (χ4n) is 2.89. The lowest BCUT2D eigenvalue weighted by atomic mass is 10.1. The summed E-state index contributed by atoms with van der Waals surface area (Å²) in [6.07, 6.45) is 2.90. The summed E-state index contributed by atoms with van der Waals surface area (Å²) in [7, 11) is 0. The van der Waals surface area contributed by atoms with E-state index in [1.807, 2.05) is 33.8 Å². The lowest BCUT2D eigenvalue weighted by Crippen LogP contribution is -2.39. The summed E-state index contributed by atoms with van der Waals surface area (Å²) in [5, 5.41) is 8.89. The van der Waals surface area contributed by atoms with E-state index in [0.717, 1.165) is 18.4 Å². The van der Waals surface area contributed by atoms with Crippen LogP contribution in [0.4, 0.5) is 4.79 Å². The molecule has 28 heavy (non-hydrogen) atoms. The molecular weight excluding hydrogens is 362 g/mol. The van der Waals surface area contributed by atoms with Gasteiger partial charge in [-0.15, -0.1) is 0 Å². The number of hydrogen-bond donors (Lipinski definition) is 1. The molecule has 1 N–H and O–H groups in total. The van der Waals surface area contributed by atoms with E-state index in [4.69, 9.17) is 19.3 Å². The van der Waals surface area contributed by atoms with Crippen molar-refractivity contribution in [3.8, 4) is 11.5 Å². The lowest BCUT2D eigenvalue weighted by molar-refractivity contribution is -0.120. The predicted octanol–water partition coefficient (Wildman–Crippen LogP) is 3.83. The van der Waals surface area contributed by atoms with Crippen molar-refractivity contribution in [3.05, 3.63) is 23.8 Å². The molecule has 0 aliphatic heterocycles. The Balaban J connectivity index is 2.20. The number of benzene rings is 1. The molecule has 1 atom stereocenters. The van der Waals surface area contributed by atoms with Gasteiger partial charge in [0.05, 0.1) is 12.6 Å². The molecule has 0 heterocycles. The summed E-state index contributed by atoms with van der Waals surface area (Å²) >= 11 is 0. The SMILES string of the molecule is CC(c1ccc(OC=O)c(OCCCCO)c1)N(C(=O)OC(C)(C)C)C1CC1. The topological polar surface area (TPSA) is 85.3 Å². The average molecular weight is 393 g/mol. The number of hydrogen-bond acceptors (Lipinski definition) is 6. The smallest absolute Gasteiger partial charge is 0.411 e. The first-order valence-corrected chi connectivity index (χ1v) is 9.76. The second kappa shape index (κ2) is 9.78. The second-order valence-electron chi connectivity index (χ2n) is 7.99. The van der Waals surface area contributed by atoms with E-state index in [1.165, 1.54) is 0 Å². The Kier molecular flexibility index (Phi) is 7.69. The van der Waals surface area contributed by atoms with Crippen molar-refractivity contribution in [2.75, 3.05) is 13.2 Å². The van der Waals surface area contributed by atoms with Crippen molar-refractivity contribution in [2.45, 2.75) is 71.1 Å². The predicted molar refractivity (Wildman–Crippen MR) is 104 cm³/mol. The first kappa shape index (κ1) is 22.0. The first-order valence-electron chi connectivity index (χ1n) is 9.76. The van der Waals surface area contributed by atoms with E-state index in [2.05, 4.69) is 0 Å². The lowest BCUT2D eigenvalue weighted by Gasteiger charge is -2.32. The maximum Gasteiger partial charge on any atom is 0.411 e. The Hall–Kier alpha value is -2.28. The molecule has 0 spiro atoms. The molecule has 156 valence electrons. The summed E-state index contributed by atoms with van der Waals surface area (Å²) in [5.41, 5.74) is 0.306. The fraction of sp³-hybridized carbons (Fsp3) is 0.619. The molecular formula is C21H31NO6. The Morgan fingerprint density at radius 2 is 2.00 bits per heavy atom. The van der Waals surface area contributed by atoms with E-state index in [1.54, 1.807) is 17.0 Å². The van der Waals surface area contributed by atoms with Crippen molar-refractivity contribution in [2.24, 2.45) is 0 Å². The van der Waals surface area contributed by atoms with Crippen LogP contribution in [0.1, 0.15) is 65.0 Å². The summed E-state index contributed by atoms with van der Waals surface area (Å²) in [6, 6.07) is 5.24. The molecule has 1 fully saturated rings. The maximum absolute atomic E-state index is 12.7. The highest BCUT2D eigenvalue weighted by Gasteiger charge is 2.38. The molecule has 7 nitrogen and oxygen atoms in total. The zero-order valence-corrected chi connectivity index (χ0v) is 17.1. The van der Waals surface area contributed by atoms with Gasteiger partial charge in [-0.05, 0) is 71.1 Å². The molecule has 1 saturated carbocycles. The van der Waals surface area contributed by atoms with E-state index < -0.39 is 5.60 Å². The Morgan fingerprint density at radius 3 is 2.57 bits per heavy atom. The molecule has 0 aromatic heterocycles. The summed E-state index contributed by atoms with van der Waals surface area (Å²) in [6.45, 7) is 8.36. The van der Waals surface area contributed by atoms with E-state index >= 15 is 0 Å². The molecule has 0 saturated heterocycles. The van der Waals surface area contributed by atoms with Crippen molar-refractivity contribution >= 4 is 12.6 Å². The number of nitrogens with zero attached hydrogens (tertiary/aromatic N) is 1. The van der Waals surface area contributed by atoms with Crippen LogP contribution in [-0.4, -0.2) is 47.4 Å². The number of carbonyl (C=O) groups is 2. The highest BCUT2D eigenvalue weighted by molar-refractivity contribution is 5.70. The van der Waals surface area contributed by atoms with Gasteiger partial charge >= 0.3 is 6.09 Å². The minimum atomic E-state index is -0.563. The molecule has 0 bridgehead atoms. The van der Waals surface area contributed by atoms with Gasteiger partial charge in [0.1, 0.15) is 5.60 Å². The maximum atomic E-state index is 12.7. The molecule has 1 aromatic rings. The van der Waals surface area contributed by atoms with Gasteiger partial charge < -0.3 is 19.3 Å². The van der Waals surface area contributed by atoms with Crippen LogP contribution in [0.3, 0.4) is 0 Å². The van der Waals surface area contributed by atoms with Gasteiger partial charge in [-0.1, -0.05) is 6.07 Å². The zero-order chi connectivity index (χ0) is 20.7. The second-order valence-corrected chi connectivity index (χ2v) is 7.99. The Bertz CT molecular complexity index is 665. The summed E-state index contributed by atoms with van der Waals surface area (Å²) < 4.78 is 16.3. The van der Waals surface area contributed by atoms with Crippen molar-refractivity contribution in [3.63, 3.8) is 0 Å². The van der Waals surface area contributed by atoms with Gasteiger partial charge in [0, 0.05) is 12.6 Å². The molecule has 1 amide bonds. The van der Waals surface area contributed by atoms with Gasteiger partial charge in [0.15, 0.2) is 11.5 Å². The molecule has 7 heteroatoms. The van der Waals surface area contributed by atoms with Gasteiger partial charge in [-0.25, -0.2) is 4.79 Å². The number of aliphatic hydroxyl groups excluding tert-OH is 1. The van der Waals surface area contributed by atoms with Gasteiger partial charge in [0.25, 0.3) is 6.47 Å². The van der Waals surface area contributed by atoms with Crippen molar-refractivity contribution in [1.82, 2.24) is 4.90 Å². The van der Waals surface area contributed by atoms with Crippen LogP contribution in [0, 0.1) is 0 Å². The number of rotatable bonds is 10. The molecule has 1 aliphatic carbocycles. The third-order valence-corrected chi connectivity index (χ3v) is 4.40. The summed E-state index contributed by atoms with van der Waals surface area (Å²) in [5.74, 6) is 0.763. The largest absolute Gasteiger partial charge is 0.490 e. The minimum Gasteiger partial charge on any atom is -0.490 e. The number of carbonyl (C=O) groups excluding carboxylic acids is 2. The normalized spacial score (nSPS) is 14.9. The number of aliphatic hydroxyl groups is 1. The first-order chi connectivity index (χ1) is 13.3. The number of amides is 1. The van der Waals surface area contributed by atoms with Crippen LogP contribution < -0.4 is 9.47 Å². The van der Waals surface area contributed by atoms with Crippen LogP contribution in [0.5, 0.6) is 11.5 Å². The third kappa shape index (κ3) is 6.41. The van der Waals surface area contributed by atoms with E-state index in [9.17, 15) is 9.59 Å².